The molecule has 0 fully saturated rings. The Hall–Kier alpha value is -1.63. The zero-order chi connectivity index (χ0) is 14.1. The molecule has 2 aromatic rings. The molecule has 0 nitrogen and oxygen atoms in total. The van der Waals surface area contributed by atoms with E-state index < -0.39 is 0 Å². The molecular weight excluding hydrogens is 247 g/mol. The average Bonchev–Trinajstić information content (AvgIpc) is 2.57. The molecule has 0 N–H and O–H groups in total. The summed E-state index contributed by atoms with van der Waals surface area (Å²) in [5, 5.41) is 0. The average molecular weight is 268 g/mol. The molecule has 0 aliphatic heterocycles. The predicted octanol–water partition coefficient (Wildman–Crippen LogP) is 5.42. The third-order valence-corrected chi connectivity index (χ3v) is 4.64. The lowest BCUT2D eigenvalue weighted by Crippen LogP contribution is -2.08. The van der Waals surface area contributed by atoms with Gasteiger partial charge in [-0.2, -0.15) is 0 Å². The summed E-state index contributed by atoms with van der Waals surface area (Å²) >= 11 is 0. The normalized spacial score (nSPS) is 20.9. The minimum Gasteiger partial charge on any atom is -0.207 e. The summed E-state index contributed by atoms with van der Waals surface area (Å²) in [6.07, 6.45) is 3.25. The Kier molecular flexibility index (Phi) is 3.60. The fraction of sp³-hybridized carbons (Fsp3) is 0.368. The third kappa shape index (κ3) is 2.26. The van der Waals surface area contributed by atoms with E-state index >= 15 is 0 Å². The Morgan fingerprint density at radius 2 is 1.80 bits per heavy atom. The van der Waals surface area contributed by atoms with Crippen molar-refractivity contribution < 1.29 is 4.39 Å². The van der Waals surface area contributed by atoms with Crippen LogP contribution < -0.4 is 0 Å². The quantitative estimate of drug-likeness (QED) is 0.682. The van der Waals surface area contributed by atoms with E-state index in [9.17, 15) is 4.39 Å². The van der Waals surface area contributed by atoms with Gasteiger partial charge in [-0.1, -0.05) is 50.6 Å². The molecule has 2 aromatic carbocycles. The van der Waals surface area contributed by atoms with Crippen LogP contribution in [0, 0.1) is 5.82 Å². The van der Waals surface area contributed by atoms with Crippen molar-refractivity contribution in [3.8, 4) is 0 Å². The second kappa shape index (κ2) is 5.40. The summed E-state index contributed by atoms with van der Waals surface area (Å²) in [5.74, 6) is 0.764. The minimum atomic E-state index is -0.114. The van der Waals surface area contributed by atoms with Gasteiger partial charge in [0.05, 0.1) is 0 Å². The Morgan fingerprint density at radius 3 is 2.60 bits per heavy atom. The monoisotopic (exact) mass is 268 g/mol. The molecule has 0 heterocycles. The van der Waals surface area contributed by atoms with Gasteiger partial charge in [0.25, 0.3) is 0 Å². The van der Waals surface area contributed by atoms with Crippen molar-refractivity contribution in [3.63, 3.8) is 0 Å². The molecule has 0 bridgehead atoms. The Balaban J connectivity index is 2.16. The van der Waals surface area contributed by atoms with E-state index in [0.717, 1.165) is 19.3 Å². The standard InChI is InChI=1S/C19H21F/c1-3-6-17-13(2)19-12-16(20)10-9-15(19)11-14-7-4-5-8-18(14)17/h4-5,7-10,12-13,17H,3,6,11H2,1-2H3/t13?,17-/m0/s1. The lowest BCUT2D eigenvalue weighted by atomic mass is 9.80. The van der Waals surface area contributed by atoms with Crippen LogP contribution in [0.25, 0.3) is 0 Å². The van der Waals surface area contributed by atoms with E-state index in [1.807, 2.05) is 6.07 Å². The second-order valence-electron chi connectivity index (χ2n) is 5.90. The molecule has 0 amide bonds. The first-order valence-corrected chi connectivity index (χ1v) is 7.56. The number of fused-ring (bicyclic) bond motifs is 2. The third-order valence-electron chi connectivity index (χ3n) is 4.64. The fourth-order valence-corrected chi connectivity index (χ4v) is 3.62. The first-order chi connectivity index (χ1) is 9.70. The molecular formula is C19H21F. The van der Waals surface area contributed by atoms with Crippen molar-refractivity contribution in [1.82, 2.24) is 0 Å². The van der Waals surface area contributed by atoms with Gasteiger partial charge in [0.15, 0.2) is 0 Å². The van der Waals surface area contributed by atoms with Crippen LogP contribution >= 0.6 is 0 Å². The van der Waals surface area contributed by atoms with E-state index in [2.05, 4.69) is 38.1 Å². The van der Waals surface area contributed by atoms with Crippen LogP contribution in [-0.4, -0.2) is 0 Å². The van der Waals surface area contributed by atoms with Gasteiger partial charge in [-0.3, -0.25) is 0 Å². The molecule has 0 spiro atoms. The van der Waals surface area contributed by atoms with Gasteiger partial charge in [-0.05, 0) is 59.1 Å². The van der Waals surface area contributed by atoms with Crippen molar-refractivity contribution in [2.24, 2.45) is 0 Å². The topological polar surface area (TPSA) is 0 Å². The van der Waals surface area contributed by atoms with Gasteiger partial charge in [-0.25, -0.2) is 4.39 Å². The molecule has 0 aromatic heterocycles. The van der Waals surface area contributed by atoms with Crippen molar-refractivity contribution in [3.05, 3.63) is 70.5 Å². The minimum absolute atomic E-state index is 0.114. The number of benzene rings is 2. The molecule has 1 aliphatic rings. The maximum Gasteiger partial charge on any atom is 0.123 e. The fourth-order valence-electron chi connectivity index (χ4n) is 3.62. The van der Waals surface area contributed by atoms with Crippen molar-refractivity contribution >= 4 is 0 Å². The Bertz CT molecular complexity index is 615. The maximum absolute atomic E-state index is 13.6. The van der Waals surface area contributed by atoms with Gasteiger partial charge in [0.2, 0.25) is 0 Å². The van der Waals surface area contributed by atoms with Crippen molar-refractivity contribution in [2.45, 2.75) is 44.9 Å². The molecule has 0 saturated carbocycles. The van der Waals surface area contributed by atoms with Crippen LogP contribution in [0.1, 0.15) is 60.8 Å². The molecule has 1 aliphatic carbocycles. The molecule has 104 valence electrons. The number of hydrogen-bond acceptors (Lipinski definition) is 0. The van der Waals surface area contributed by atoms with Gasteiger partial charge in [-0.15, -0.1) is 0 Å². The SMILES string of the molecule is CCC[C@@H]1c2ccccc2Cc2ccc(F)cc2C1C. The summed E-state index contributed by atoms with van der Waals surface area (Å²) in [7, 11) is 0. The predicted molar refractivity (Wildman–Crippen MR) is 81.7 cm³/mol. The molecule has 1 heteroatoms. The lowest BCUT2D eigenvalue weighted by Gasteiger charge is -2.24. The zero-order valence-electron chi connectivity index (χ0n) is 12.2. The summed E-state index contributed by atoms with van der Waals surface area (Å²) in [6.45, 7) is 4.48. The number of rotatable bonds is 2. The summed E-state index contributed by atoms with van der Waals surface area (Å²) < 4.78 is 13.6. The molecule has 3 rings (SSSR count). The molecule has 20 heavy (non-hydrogen) atoms. The second-order valence-corrected chi connectivity index (χ2v) is 5.90. The molecule has 0 saturated heterocycles. The first kappa shape index (κ1) is 13.4. The van der Waals surface area contributed by atoms with Crippen LogP contribution in [-0.2, 0) is 6.42 Å². The van der Waals surface area contributed by atoms with E-state index in [1.54, 1.807) is 12.1 Å². The largest absolute Gasteiger partial charge is 0.207 e. The van der Waals surface area contributed by atoms with E-state index in [4.69, 9.17) is 0 Å². The summed E-state index contributed by atoms with van der Waals surface area (Å²) in [4.78, 5) is 0. The van der Waals surface area contributed by atoms with Gasteiger partial charge in [0.1, 0.15) is 5.82 Å². The van der Waals surface area contributed by atoms with E-state index in [-0.39, 0.29) is 5.82 Å². The van der Waals surface area contributed by atoms with Crippen LogP contribution in [0.4, 0.5) is 4.39 Å². The maximum atomic E-state index is 13.6. The Morgan fingerprint density at radius 1 is 1.05 bits per heavy atom. The van der Waals surface area contributed by atoms with Gasteiger partial charge < -0.3 is 0 Å². The van der Waals surface area contributed by atoms with E-state index in [1.165, 1.54) is 22.3 Å². The lowest BCUT2D eigenvalue weighted by molar-refractivity contribution is 0.526. The number of hydrogen-bond donors (Lipinski definition) is 0. The van der Waals surface area contributed by atoms with Crippen LogP contribution in [0.15, 0.2) is 42.5 Å². The van der Waals surface area contributed by atoms with Crippen LogP contribution in [0.2, 0.25) is 0 Å². The van der Waals surface area contributed by atoms with Crippen molar-refractivity contribution in [2.75, 3.05) is 0 Å². The summed E-state index contributed by atoms with van der Waals surface area (Å²) in [5.41, 5.74) is 5.34. The van der Waals surface area contributed by atoms with Gasteiger partial charge >= 0.3 is 0 Å². The molecule has 2 atom stereocenters. The highest BCUT2D eigenvalue weighted by atomic mass is 19.1. The Labute approximate surface area is 120 Å². The highest BCUT2D eigenvalue weighted by Gasteiger charge is 2.27. The highest BCUT2D eigenvalue weighted by Crippen LogP contribution is 2.42. The van der Waals surface area contributed by atoms with Crippen LogP contribution in [0.5, 0.6) is 0 Å². The van der Waals surface area contributed by atoms with Crippen molar-refractivity contribution in [1.29, 1.82) is 0 Å². The van der Waals surface area contributed by atoms with Gasteiger partial charge in [0, 0.05) is 0 Å². The zero-order valence-corrected chi connectivity index (χ0v) is 12.2. The van der Waals surface area contributed by atoms with Crippen LogP contribution in [0.3, 0.4) is 0 Å². The van der Waals surface area contributed by atoms with E-state index in [0.29, 0.717) is 11.8 Å². The highest BCUT2D eigenvalue weighted by molar-refractivity contribution is 5.45. The smallest absolute Gasteiger partial charge is 0.123 e. The molecule has 0 radical (unpaired) electrons. The summed E-state index contributed by atoms with van der Waals surface area (Å²) in [6, 6.07) is 14.0. The number of halogens is 1. The molecule has 1 unspecified atom stereocenters. The first-order valence-electron chi connectivity index (χ1n) is 7.56.